The average molecular weight is 838 g/mol. The first kappa shape index (κ1) is 41.0. The van der Waals surface area contributed by atoms with Crippen LogP contribution in [-0.2, 0) is 19.5 Å². The summed E-state index contributed by atoms with van der Waals surface area (Å²) in [4.78, 5) is 22.0. The number of hydrogen-bond donors (Lipinski definition) is 0. The van der Waals surface area contributed by atoms with Crippen molar-refractivity contribution in [1.29, 1.82) is 0 Å². The molecule has 3 aromatic heterocycles. The van der Waals surface area contributed by atoms with Crippen molar-refractivity contribution in [3.63, 3.8) is 0 Å². The van der Waals surface area contributed by atoms with Gasteiger partial charge in [0.15, 0.2) is 0 Å². The largest absolute Gasteiger partial charge is 2.00 e. The van der Waals surface area contributed by atoms with Crippen molar-refractivity contribution in [1.82, 2.24) is 19.9 Å². The molecule has 0 N–H and O–H groups in total. The first-order valence-electron chi connectivity index (χ1n) is 20.4. The van der Waals surface area contributed by atoms with Gasteiger partial charge in [-0.05, 0) is 171 Å². The van der Waals surface area contributed by atoms with E-state index in [0.29, 0.717) is 0 Å². The zero-order chi connectivity index (χ0) is 41.7. The van der Waals surface area contributed by atoms with Crippen LogP contribution in [0.15, 0.2) is 97.1 Å². The Balaban J connectivity index is 0.00000514. The van der Waals surface area contributed by atoms with Gasteiger partial charge in [0.2, 0.25) is 0 Å². The quantitative estimate of drug-likeness (QED) is 0.131. The van der Waals surface area contributed by atoms with E-state index >= 15 is 0 Å². The average Bonchev–Trinajstić information content (AvgIpc) is 4.06. The molecule has 0 saturated heterocycles. The van der Waals surface area contributed by atoms with Gasteiger partial charge < -0.3 is 9.97 Å². The van der Waals surface area contributed by atoms with Crippen LogP contribution in [0.1, 0.15) is 81.1 Å². The molecule has 0 spiro atoms. The number of aryl methyl sites for hydroxylation is 6. The first-order valence-corrected chi connectivity index (χ1v) is 20.4. The maximum atomic E-state index is 5.50. The van der Waals surface area contributed by atoms with Gasteiger partial charge in [-0.3, -0.25) is 0 Å². The summed E-state index contributed by atoms with van der Waals surface area (Å²) in [6, 6.07) is 34.3. The van der Waals surface area contributed by atoms with E-state index in [1.165, 1.54) is 33.4 Å². The Labute approximate surface area is 371 Å². The summed E-state index contributed by atoms with van der Waals surface area (Å²) in [5, 5.41) is 0. The monoisotopic (exact) mass is 836 g/mol. The van der Waals surface area contributed by atoms with Crippen molar-refractivity contribution in [3.05, 3.63) is 164 Å². The molecule has 4 nitrogen and oxygen atoms in total. The second-order valence-electron chi connectivity index (χ2n) is 15.8. The molecule has 0 amide bonds. The molecular weight excluding hydrogens is 794 g/mol. The Kier molecular flexibility index (Phi) is 11.2. The molecule has 0 radical (unpaired) electrons. The standard InChI is InChI=1S/C56H44N4.Zn/c1-9-11-39-13-17-41(18-14-39)53-43-21-25-47(57-43)55(51-35(5)29-33(3)30-36(51)6)49-27-23-45(59-49)54(42-19-15-40(12-10-2)16-20-42)46-24-28-50(60-46)56(48-26-22-44(53)58-48)52-37(7)31-34(4)32-38(52)8;/h13-32H,1-8H3;/q-2;+2. The molecule has 0 saturated carbocycles. The van der Waals surface area contributed by atoms with E-state index in [4.69, 9.17) is 19.9 Å². The van der Waals surface area contributed by atoms with E-state index in [2.05, 4.69) is 187 Å². The third-order valence-corrected chi connectivity index (χ3v) is 11.3. The molecule has 2 aliphatic rings. The van der Waals surface area contributed by atoms with Gasteiger partial charge in [0, 0.05) is 11.1 Å². The second-order valence-corrected chi connectivity index (χ2v) is 15.8. The minimum absolute atomic E-state index is 0. The van der Waals surface area contributed by atoms with Gasteiger partial charge in [-0.15, -0.1) is 33.9 Å². The molecule has 5 heteroatoms. The fourth-order valence-corrected chi connectivity index (χ4v) is 9.07. The van der Waals surface area contributed by atoms with Gasteiger partial charge in [-0.2, -0.15) is 0 Å². The van der Waals surface area contributed by atoms with Gasteiger partial charge in [-0.1, -0.05) is 95.8 Å². The summed E-state index contributed by atoms with van der Waals surface area (Å²) in [6.45, 7) is 16.7. The van der Waals surface area contributed by atoms with Crippen molar-refractivity contribution >= 4 is 46.4 Å². The smallest absolute Gasteiger partial charge is 0.657 e. The van der Waals surface area contributed by atoms with Crippen LogP contribution >= 0.6 is 0 Å². The Hall–Kier alpha value is -6.78. The van der Waals surface area contributed by atoms with Gasteiger partial charge in [0.25, 0.3) is 0 Å². The fraction of sp³-hybridized carbons (Fsp3) is 0.143. The van der Waals surface area contributed by atoms with Gasteiger partial charge in [0.1, 0.15) is 0 Å². The van der Waals surface area contributed by atoms with E-state index in [0.717, 1.165) is 100 Å². The molecule has 0 atom stereocenters. The molecule has 0 unspecified atom stereocenters. The second kappa shape index (κ2) is 16.7. The number of benzene rings is 4. The zero-order valence-electron chi connectivity index (χ0n) is 36.0. The van der Waals surface area contributed by atoms with Crippen LogP contribution in [0.4, 0.5) is 0 Å². The van der Waals surface area contributed by atoms with E-state index in [-0.39, 0.29) is 19.5 Å². The molecule has 2 aliphatic heterocycles. The van der Waals surface area contributed by atoms with Crippen molar-refractivity contribution in [2.24, 2.45) is 0 Å². The van der Waals surface area contributed by atoms with Crippen LogP contribution in [0.2, 0.25) is 0 Å². The Bertz CT molecular complexity index is 3010. The molecule has 290 valence electrons. The zero-order valence-corrected chi connectivity index (χ0v) is 39.0. The third-order valence-electron chi connectivity index (χ3n) is 11.3. The Morgan fingerprint density at radius 2 is 0.672 bits per heavy atom. The first-order chi connectivity index (χ1) is 29.1. The molecule has 8 bridgehead atoms. The minimum atomic E-state index is 0. The summed E-state index contributed by atoms with van der Waals surface area (Å²) >= 11 is 0. The van der Waals surface area contributed by atoms with Gasteiger partial charge in [0.05, 0.1) is 22.8 Å². The van der Waals surface area contributed by atoms with Gasteiger partial charge >= 0.3 is 19.5 Å². The van der Waals surface area contributed by atoms with Gasteiger partial charge in [-0.25, -0.2) is 9.97 Å². The predicted molar refractivity (Wildman–Crippen MR) is 252 cm³/mol. The predicted octanol–water partition coefficient (Wildman–Crippen LogP) is 13.2. The van der Waals surface area contributed by atoms with Crippen molar-refractivity contribution in [2.75, 3.05) is 0 Å². The van der Waals surface area contributed by atoms with Crippen molar-refractivity contribution in [2.45, 2.75) is 55.4 Å². The molecular formula is C56H44N4Zn. The van der Waals surface area contributed by atoms with E-state index in [1.807, 2.05) is 13.8 Å². The molecule has 9 rings (SSSR count). The maximum Gasteiger partial charge on any atom is 2.00 e. The molecule has 0 aliphatic carbocycles. The summed E-state index contributed by atoms with van der Waals surface area (Å²) in [7, 11) is 0. The number of nitrogens with zero attached hydrogens (tertiary/aromatic N) is 4. The molecule has 0 fully saturated rings. The number of aromatic nitrogens is 4. The van der Waals surface area contributed by atoms with Crippen LogP contribution in [0, 0.1) is 65.2 Å². The summed E-state index contributed by atoms with van der Waals surface area (Å²) in [6.07, 6.45) is 8.52. The van der Waals surface area contributed by atoms with Crippen LogP contribution < -0.4 is 9.97 Å². The van der Waals surface area contributed by atoms with E-state index < -0.39 is 0 Å². The maximum absolute atomic E-state index is 5.50. The van der Waals surface area contributed by atoms with E-state index in [1.54, 1.807) is 0 Å². The Morgan fingerprint density at radius 1 is 0.377 bits per heavy atom. The molecule has 61 heavy (non-hydrogen) atoms. The molecule has 5 heterocycles. The van der Waals surface area contributed by atoms with Crippen LogP contribution in [0.25, 0.3) is 90.9 Å². The Morgan fingerprint density at radius 3 is 0.984 bits per heavy atom. The van der Waals surface area contributed by atoms with Crippen LogP contribution in [0.3, 0.4) is 0 Å². The number of hydrogen-bond acceptors (Lipinski definition) is 2. The summed E-state index contributed by atoms with van der Waals surface area (Å²) in [5.41, 5.74) is 24.0. The minimum Gasteiger partial charge on any atom is -0.657 e. The molecule has 4 aromatic carbocycles. The topological polar surface area (TPSA) is 54.0 Å². The summed E-state index contributed by atoms with van der Waals surface area (Å²) < 4.78 is 0. The van der Waals surface area contributed by atoms with Crippen molar-refractivity contribution in [3.8, 4) is 68.2 Å². The number of rotatable bonds is 4. The van der Waals surface area contributed by atoms with Crippen LogP contribution in [-0.4, -0.2) is 9.97 Å². The molecule has 7 aromatic rings. The normalized spacial score (nSPS) is 11.4. The summed E-state index contributed by atoms with van der Waals surface area (Å²) in [5.74, 6) is 12.5. The van der Waals surface area contributed by atoms with E-state index in [9.17, 15) is 0 Å². The SMILES string of the molecule is CC#Cc1ccc(-c2c3nc(c(-c4c(C)cc(C)cc4C)c4ccc([n-]4)c(-c4ccc(C#CC)cc4)c4nc(c(-c5c(C)cc(C)cc5C)c5ccc2[n-]5)C=C4)C=C3)cc1.[Zn+2]. The van der Waals surface area contributed by atoms with Crippen molar-refractivity contribution < 1.29 is 19.5 Å². The third kappa shape index (κ3) is 7.64. The van der Waals surface area contributed by atoms with Crippen LogP contribution in [0.5, 0.6) is 0 Å². The number of fused-ring (bicyclic) bond motifs is 8. The fourth-order valence-electron chi connectivity index (χ4n) is 9.07.